The molecule has 0 heterocycles. The summed E-state index contributed by atoms with van der Waals surface area (Å²) in [5.74, 6) is 0.472. The molecule has 96 valence electrons. The minimum atomic E-state index is -4.18. The average Bonchev–Trinajstić information content (AvgIpc) is 2.19. The van der Waals surface area contributed by atoms with Crippen LogP contribution in [0.3, 0.4) is 0 Å². The molecule has 1 rings (SSSR count). The molecule has 2 nitrogen and oxygen atoms in total. The topological polar surface area (TPSA) is 29.5 Å². The van der Waals surface area contributed by atoms with Crippen molar-refractivity contribution in [1.29, 1.82) is 0 Å². The fraction of sp³-hybridized carbons (Fsp3) is 1.00. The Morgan fingerprint density at radius 1 is 1.31 bits per heavy atom. The first-order valence-electron chi connectivity index (χ1n) is 5.78. The fourth-order valence-corrected chi connectivity index (χ4v) is 2.07. The van der Waals surface area contributed by atoms with Crippen LogP contribution in [0.2, 0.25) is 0 Å². The van der Waals surface area contributed by atoms with E-state index in [1.807, 2.05) is 0 Å². The van der Waals surface area contributed by atoms with Gasteiger partial charge < -0.3 is 9.84 Å². The van der Waals surface area contributed by atoms with Crippen LogP contribution in [0.4, 0.5) is 13.2 Å². The highest BCUT2D eigenvalue weighted by atomic mass is 19.4. The van der Waals surface area contributed by atoms with Crippen molar-refractivity contribution in [2.75, 3.05) is 6.61 Å². The second-order valence-corrected chi connectivity index (χ2v) is 4.43. The fourth-order valence-electron chi connectivity index (χ4n) is 2.07. The molecule has 1 saturated carbocycles. The lowest BCUT2D eigenvalue weighted by molar-refractivity contribution is -0.158. The number of aliphatic hydroxyl groups excluding tert-OH is 1. The summed E-state index contributed by atoms with van der Waals surface area (Å²) < 4.78 is 40.9. The number of hydrogen-bond donors (Lipinski definition) is 1. The number of hydrogen-bond acceptors (Lipinski definition) is 2. The van der Waals surface area contributed by atoms with Gasteiger partial charge in [-0.2, -0.15) is 13.2 Å². The van der Waals surface area contributed by atoms with Gasteiger partial charge in [0.2, 0.25) is 0 Å². The summed E-state index contributed by atoms with van der Waals surface area (Å²) in [6.07, 6.45) is -2.89. The Balaban J connectivity index is 2.28. The maximum atomic E-state index is 11.9. The van der Waals surface area contributed by atoms with Crippen molar-refractivity contribution >= 4 is 0 Å². The Morgan fingerprint density at radius 2 is 2.00 bits per heavy atom. The highest BCUT2D eigenvalue weighted by Gasteiger charge is 2.31. The third kappa shape index (κ3) is 4.70. The molecular formula is C11H19F3O2. The van der Waals surface area contributed by atoms with Crippen molar-refractivity contribution in [2.24, 2.45) is 5.92 Å². The maximum absolute atomic E-state index is 11.9. The number of alkyl halides is 3. The van der Waals surface area contributed by atoms with Crippen molar-refractivity contribution in [3.8, 4) is 0 Å². The third-order valence-electron chi connectivity index (χ3n) is 3.16. The van der Waals surface area contributed by atoms with Crippen LogP contribution in [0.1, 0.15) is 39.0 Å². The van der Waals surface area contributed by atoms with Gasteiger partial charge in [-0.3, -0.25) is 0 Å². The summed E-state index contributed by atoms with van der Waals surface area (Å²) in [6, 6.07) is 0. The quantitative estimate of drug-likeness (QED) is 0.818. The first-order valence-corrected chi connectivity index (χ1v) is 5.78. The van der Waals surface area contributed by atoms with Gasteiger partial charge >= 0.3 is 6.18 Å². The van der Waals surface area contributed by atoms with Crippen LogP contribution < -0.4 is 0 Å². The van der Waals surface area contributed by atoms with Gasteiger partial charge in [0, 0.05) is 0 Å². The van der Waals surface area contributed by atoms with Crippen molar-refractivity contribution < 1.29 is 23.0 Å². The minimum absolute atomic E-state index is 0.346. The van der Waals surface area contributed by atoms with E-state index in [4.69, 9.17) is 4.74 Å². The van der Waals surface area contributed by atoms with E-state index in [-0.39, 0.29) is 6.61 Å². The molecule has 1 aliphatic carbocycles. The normalized spacial score (nSPS) is 31.7. The van der Waals surface area contributed by atoms with E-state index in [0.29, 0.717) is 18.8 Å². The van der Waals surface area contributed by atoms with Gasteiger partial charge in [-0.1, -0.05) is 13.3 Å². The Bertz CT molecular complexity index is 206. The summed E-state index contributed by atoms with van der Waals surface area (Å²) in [5, 5.41) is 9.61. The van der Waals surface area contributed by atoms with Gasteiger partial charge in [0.1, 0.15) is 0 Å². The summed E-state index contributed by atoms with van der Waals surface area (Å²) in [7, 11) is 0. The smallest absolute Gasteiger partial charge is 0.390 e. The molecule has 0 aliphatic heterocycles. The van der Waals surface area contributed by atoms with Gasteiger partial charge in [-0.05, 0) is 25.2 Å². The van der Waals surface area contributed by atoms with E-state index in [9.17, 15) is 18.3 Å². The van der Waals surface area contributed by atoms with Crippen LogP contribution in [0.15, 0.2) is 0 Å². The SMILES string of the molecule is CCC1CCC(O)C(OCCC(F)(F)F)C1. The standard InChI is InChI=1S/C11H19F3O2/c1-2-8-3-4-9(15)10(7-8)16-6-5-11(12,13)14/h8-10,15H,2-7H2,1H3. The highest BCUT2D eigenvalue weighted by Crippen LogP contribution is 2.29. The van der Waals surface area contributed by atoms with Gasteiger partial charge in [-0.15, -0.1) is 0 Å². The monoisotopic (exact) mass is 240 g/mol. The van der Waals surface area contributed by atoms with Crippen molar-refractivity contribution in [3.63, 3.8) is 0 Å². The van der Waals surface area contributed by atoms with Crippen LogP contribution in [0.5, 0.6) is 0 Å². The molecule has 3 unspecified atom stereocenters. The van der Waals surface area contributed by atoms with E-state index in [1.165, 1.54) is 0 Å². The molecule has 1 fully saturated rings. The summed E-state index contributed by atoms with van der Waals surface area (Å²) >= 11 is 0. The molecule has 1 aliphatic rings. The molecule has 0 spiro atoms. The molecule has 0 amide bonds. The Labute approximate surface area is 93.8 Å². The molecule has 0 bridgehead atoms. The van der Waals surface area contributed by atoms with Crippen LogP contribution in [0.25, 0.3) is 0 Å². The molecule has 16 heavy (non-hydrogen) atoms. The van der Waals surface area contributed by atoms with E-state index in [2.05, 4.69) is 6.92 Å². The molecule has 5 heteroatoms. The molecule has 0 saturated heterocycles. The first kappa shape index (κ1) is 13.8. The van der Waals surface area contributed by atoms with Crippen molar-refractivity contribution in [3.05, 3.63) is 0 Å². The first-order chi connectivity index (χ1) is 7.42. The van der Waals surface area contributed by atoms with Gasteiger partial charge in [-0.25, -0.2) is 0 Å². The van der Waals surface area contributed by atoms with Crippen LogP contribution in [-0.2, 0) is 4.74 Å². The number of ether oxygens (including phenoxy) is 1. The zero-order valence-electron chi connectivity index (χ0n) is 9.46. The molecular weight excluding hydrogens is 221 g/mol. The van der Waals surface area contributed by atoms with Gasteiger partial charge in [0.15, 0.2) is 0 Å². The van der Waals surface area contributed by atoms with Crippen LogP contribution >= 0.6 is 0 Å². The second kappa shape index (κ2) is 5.87. The second-order valence-electron chi connectivity index (χ2n) is 4.43. The Morgan fingerprint density at radius 3 is 2.56 bits per heavy atom. The molecule has 0 radical (unpaired) electrons. The van der Waals surface area contributed by atoms with Gasteiger partial charge in [0.25, 0.3) is 0 Å². The Kier molecular flexibility index (Phi) is 5.05. The van der Waals surface area contributed by atoms with E-state index < -0.39 is 24.8 Å². The predicted molar refractivity (Wildman–Crippen MR) is 54.1 cm³/mol. The summed E-state index contributed by atoms with van der Waals surface area (Å²) in [6.45, 7) is 1.71. The van der Waals surface area contributed by atoms with E-state index >= 15 is 0 Å². The largest absolute Gasteiger partial charge is 0.391 e. The van der Waals surface area contributed by atoms with Crippen molar-refractivity contribution in [2.45, 2.75) is 57.4 Å². The molecule has 1 N–H and O–H groups in total. The van der Waals surface area contributed by atoms with Crippen molar-refractivity contribution in [1.82, 2.24) is 0 Å². The third-order valence-corrected chi connectivity index (χ3v) is 3.16. The summed E-state index contributed by atoms with van der Waals surface area (Å²) in [4.78, 5) is 0. The lowest BCUT2D eigenvalue weighted by atomic mass is 9.84. The summed E-state index contributed by atoms with van der Waals surface area (Å²) in [5.41, 5.74) is 0. The van der Waals surface area contributed by atoms with Gasteiger partial charge in [0.05, 0.1) is 25.2 Å². The van der Waals surface area contributed by atoms with E-state index in [0.717, 1.165) is 12.8 Å². The lowest BCUT2D eigenvalue weighted by Gasteiger charge is -2.32. The number of halogens is 3. The highest BCUT2D eigenvalue weighted by molar-refractivity contribution is 4.80. The predicted octanol–water partition coefficient (Wildman–Crippen LogP) is 2.90. The molecule has 3 atom stereocenters. The lowest BCUT2D eigenvalue weighted by Crippen LogP contribution is -2.36. The number of rotatable bonds is 4. The Hall–Kier alpha value is -0.290. The van der Waals surface area contributed by atoms with Crippen LogP contribution in [-0.4, -0.2) is 30.1 Å². The molecule has 0 aromatic carbocycles. The zero-order valence-corrected chi connectivity index (χ0v) is 9.46. The average molecular weight is 240 g/mol. The van der Waals surface area contributed by atoms with Crippen LogP contribution in [0, 0.1) is 5.92 Å². The molecule has 0 aromatic heterocycles. The minimum Gasteiger partial charge on any atom is -0.390 e. The maximum Gasteiger partial charge on any atom is 0.391 e. The van der Waals surface area contributed by atoms with E-state index in [1.54, 1.807) is 0 Å². The molecule has 0 aromatic rings. The zero-order chi connectivity index (χ0) is 12.2. The number of aliphatic hydroxyl groups is 1.